The molecule has 1 rings (SSSR count). The molecule has 1 unspecified atom stereocenters. The van der Waals surface area contributed by atoms with Gasteiger partial charge in [-0.05, 0) is 19.1 Å². The maximum atomic E-state index is 8.69. The molecular formula is C13H18N2O2. The predicted octanol–water partition coefficient (Wildman–Crippen LogP) is 1.71. The molecule has 0 radical (unpaired) electrons. The lowest BCUT2D eigenvalue weighted by atomic mass is 10.0. The van der Waals surface area contributed by atoms with Gasteiger partial charge in [0.15, 0.2) is 0 Å². The molecule has 0 saturated heterocycles. The minimum absolute atomic E-state index is 0.471. The molecule has 92 valence electrons. The van der Waals surface area contributed by atoms with Gasteiger partial charge < -0.3 is 15.2 Å². The van der Waals surface area contributed by atoms with Crippen LogP contribution in [-0.2, 0) is 4.74 Å². The van der Waals surface area contributed by atoms with Crippen molar-refractivity contribution in [2.24, 2.45) is 5.73 Å². The summed E-state index contributed by atoms with van der Waals surface area (Å²) in [6.45, 7) is 3.16. The van der Waals surface area contributed by atoms with Crippen molar-refractivity contribution in [1.82, 2.24) is 0 Å². The van der Waals surface area contributed by atoms with Crippen molar-refractivity contribution in [3.8, 4) is 11.8 Å². The van der Waals surface area contributed by atoms with Crippen molar-refractivity contribution in [2.45, 2.75) is 18.9 Å². The summed E-state index contributed by atoms with van der Waals surface area (Å²) in [6.07, 6.45) is 0.523. The number of benzene rings is 1. The van der Waals surface area contributed by atoms with Crippen molar-refractivity contribution < 1.29 is 9.47 Å². The standard InChI is InChI=1S/C13H18N2O2/c1-13(15,11-14)7-8-16-9-10-17-12-5-3-2-4-6-12/h2-6H,7-10,15H2,1H3. The van der Waals surface area contributed by atoms with Crippen molar-refractivity contribution in [3.05, 3.63) is 30.3 Å². The second-order valence-corrected chi connectivity index (χ2v) is 4.05. The van der Waals surface area contributed by atoms with Gasteiger partial charge in [0.05, 0.1) is 12.7 Å². The highest BCUT2D eigenvalue weighted by molar-refractivity contribution is 5.20. The van der Waals surface area contributed by atoms with Crippen LogP contribution >= 0.6 is 0 Å². The number of hydrogen-bond acceptors (Lipinski definition) is 4. The third kappa shape index (κ3) is 5.91. The Morgan fingerprint density at radius 2 is 1.94 bits per heavy atom. The molecule has 0 bridgehead atoms. The zero-order valence-electron chi connectivity index (χ0n) is 10.1. The number of nitriles is 1. The van der Waals surface area contributed by atoms with E-state index in [0.29, 0.717) is 26.2 Å². The van der Waals surface area contributed by atoms with E-state index in [9.17, 15) is 0 Å². The van der Waals surface area contributed by atoms with Crippen LogP contribution in [0.25, 0.3) is 0 Å². The van der Waals surface area contributed by atoms with Crippen LogP contribution in [0.1, 0.15) is 13.3 Å². The lowest BCUT2D eigenvalue weighted by molar-refractivity contribution is 0.0921. The number of rotatable bonds is 7. The second-order valence-electron chi connectivity index (χ2n) is 4.05. The van der Waals surface area contributed by atoms with E-state index in [4.69, 9.17) is 20.5 Å². The maximum absolute atomic E-state index is 8.69. The summed E-state index contributed by atoms with van der Waals surface area (Å²) >= 11 is 0. The Hall–Kier alpha value is -1.57. The van der Waals surface area contributed by atoms with Gasteiger partial charge in [-0.25, -0.2) is 0 Å². The van der Waals surface area contributed by atoms with Crippen molar-refractivity contribution in [2.75, 3.05) is 19.8 Å². The number of nitrogens with two attached hydrogens (primary N) is 1. The molecule has 4 heteroatoms. The molecule has 1 aromatic rings. The van der Waals surface area contributed by atoms with Gasteiger partial charge in [0.2, 0.25) is 0 Å². The van der Waals surface area contributed by atoms with Gasteiger partial charge in [0.1, 0.15) is 17.9 Å². The van der Waals surface area contributed by atoms with E-state index in [1.807, 2.05) is 36.4 Å². The van der Waals surface area contributed by atoms with Crippen LogP contribution in [0.2, 0.25) is 0 Å². The number of ether oxygens (including phenoxy) is 2. The lowest BCUT2D eigenvalue weighted by Crippen LogP contribution is -2.35. The van der Waals surface area contributed by atoms with Crippen LogP contribution in [0.15, 0.2) is 30.3 Å². The molecular weight excluding hydrogens is 216 g/mol. The topological polar surface area (TPSA) is 68.3 Å². The van der Waals surface area contributed by atoms with E-state index in [-0.39, 0.29) is 0 Å². The van der Waals surface area contributed by atoms with Gasteiger partial charge in [-0.3, -0.25) is 0 Å². The lowest BCUT2D eigenvalue weighted by Gasteiger charge is -2.14. The minimum Gasteiger partial charge on any atom is -0.491 e. The van der Waals surface area contributed by atoms with Crippen LogP contribution in [-0.4, -0.2) is 25.4 Å². The SMILES string of the molecule is CC(N)(C#N)CCOCCOc1ccccc1. The van der Waals surface area contributed by atoms with Gasteiger partial charge in [-0.2, -0.15) is 5.26 Å². The number of para-hydroxylation sites is 1. The highest BCUT2D eigenvalue weighted by Gasteiger charge is 2.16. The third-order valence-electron chi connectivity index (χ3n) is 2.26. The Morgan fingerprint density at radius 3 is 2.59 bits per heavy atom. The van der Waals surface area contributed by atoms with Crippen LogP contribution in [0.5, 0.6) is 5.75 Å². The first-order valence-electron chi connectivity index (χ1n) is 5.60. The van der Waals surface area contributed by atoms with Gasteiger partial charge in [-0.15, -0.1) is 0 Å². The van der Waals surface area contributed by atoms with E-state index < -0.39 is 5.54 Å². The van der Waals surface area contributed by atoms with Crippen LogP contribution in [0.4, 0.5) is 0 Å². The molecule has 0 amide bonds. The minimum atomic E-state index is -0.805. The molecule has 0 aliphatic rings. The summed E-state index contributed by atoms with van der Waals surface area (Å²) in [5, 5.41) is 8.69. The molecule has 1 aromatic carbocycles. The largest absolute Gasteiger partial charge is 0.491 e. The summed E-state index contributed by atoms with van der Waals surface area (Å²) < 4.78 is 10.8. The molecule has 0 aliphatic heterocycles. The molecule has 0 heterocycles. The zero-order valence-corrected chi connectivity index (χ0v) is 10.1. The Labute approximate surface area is 102 Å². The molecule has 0 aliphatic carbocycles. The van der Waals surface area contributed by atoms with Gasteiger partial charge in [-0.1, -0.05) is 18.2 Å². The quantitative estimate of drug-likeness (QED) is 0.729. The van der Waals surface area contributed by atoms with Gasteiger partial charge in [0, 0.05) is 13.0 Å². The summed E-state index contributed by atoms with van der Waals surface area (Å²) in [5.74, 6) is 0.830. The third-order valence-corrected chi connectivity index (χ3v) is 2.26. The van der Waals surface area contributed by atoms with Crippen molar-refractivity contribution in [3.63, 3.8) is 0 Å². The first kappa shape index (κ1) is 13.5. The van der Waals surface area contributed by atoms with E-state index in [0.717, 1.165) is 5.75 Å². The fourth-order valence-corrected chi connectivity index (χ4v) is 1.18. The highest BCUT2D eigenvalue weighted by Crippen LogP contribution is 2.08. The van der Waals surface area contributed by atoms with Crippen molar-refractivity contribution in [1.29, 1.82) is 5.26 Å². The highest BCUT2D eigenvalue weighted by atomic mass is 16.5. The van der Waals surface area contributed by atoms with Crippen LogP contribution in [0.3, 0.4) is 0 Å². The fraction of sp³-hybridized carbons (Fsp3) is 0.462. The normalized spacial score (nSPS) is 13.7. The van der Waals surface area contributed by atoms with E-state index in [2.05, 4.69) is 0 Å². The molecule has 2 N–H and O–H groups in total. The zero-order chi connectivity index (χ0) is 12.6. The predicted molar refractivity (Wildman–Crippen MR) is 65.6 cm³/mol. The Balaban J connectivity index is 2.04. The Bertz CT molecular complexity index is 357. The smallest absolute Gasteiger partial charge is 0.119 e. The number of nitrogens with zero attached hydrogens (tertiary/aromatic N) is 1. The molecule has 4 nitrogen and oxygen atoms in total. The monoisotopic (exact) mass is 234 g/mol. The van der Waals surface area contributed by atoms with E-state index in [1.165, 1.54) is 0 Å². The Morgan fingerprint density at radius 1 is 1.24 bits per heavy atom. The summed E-state index contributed by atoms with van der Waals surface area (Å²) in [4.78, 5) is 0. The molecule has 1 atom stereocenters. The van der Waals surface area contributed by atoms with Crippen LogP contribution in [0, 0.1) is 11.3 Å². The maximum Gasteiger partial charge on any atom is 0.119 e. The summed E-state index contributed by atoms with van der Waals surface area (Å²) in [5.41, 5.74) is 4.84. The second kappa shape index (κ2) is 6.89. The van der Waals surface area contributed by atoms with Crippen molar-refractivity contribution >= 4 is 0 Å². The number of hydrogen-bond donors (Lipinski definition) is 1. The fourth-order valence-electron chi connectivity index (χ4n) is 1.18. The first-order chi connectivity index (χ1) is 8.14. The summed E-state index contributed by atoms with van der Waals surface area (Å²) in [6, 6.07) is 11.6. The molecule has 0 aromatic heterocycles. The molecule has 0 spiro atoms. The molecule has 0 fully saturated rings. The van der Waals surface area contributed by atoms with Gasteiger partial charge in [0.25, 0.3) is 0 Å². The average Bonchev–Trinajstić information content (AvgIpc) is 2.35. The molecule has 0 saturated carbocycles. The van der Waals surface area contributed by atoms with Gasteiger partial charge >= 0.3 is 0 Å². The Kier molecular flexibility index (Phi) is 5.47. The molecule has 17 heavy (non-hydrogen) atoms. The van der Waals surface area contributed by atoms with Crippen LogP contribution < -0.4 is 10.5 Å². The van der Waals surface area contributed by atoms with E-state index in [1.54, 1.807) is 6.92 Å². The summed E-state index contributed by atoms with van der Waals surface area (Å²) in [7, 11) is 0. The average molecular weight is 234 g/mol. The first-order valence-corrected chi connectivity index (χ1v) is 5.60. The van der Waals surface area contributed by atoms with E-state index >= 15 is 0 Å².